The third-order valence-electron chi connectivity index (χ3n) is 3.86. The van der Waals surface area contributed by atoms with E-state index in [4.69, 9.17) is 4.74 Å². The zero-order chi connectivity index (χ0) is 14.8. The molecule has 1 fully saturated rings. The molecule has 1 aliphatic heterocycles. The van der Waals surface area contributed by atoms with E-state index in [2.05, 4.69) is 15.3 Å². The van der Waals surface area contributed by atoms with E-state index in [1.54, 1.807) is 29.0 Å². The summed E-state index contributed by atoms with van der Waals surface area (Å²) in [4.78, 5) is 14.4. The lowest BCUT2D eigenvalue weighted by Crippen LogP contribution is -2.39. The molecule has 0 bridgehead atoms. The molecule has 0 aromatic carbocycles. The van der Waals surface area contributed by atoms with Crippen molar-refractivity contribution in [3.63, 3.8) is 0 Å². The van der Waals surface area contributed by atoms with Gasteiger partial charge in [-0.15, -0.1) is 0 Å². The number of aryl methyl sites for hydroxylation is 1. The molecule has 0 spiro atoms. The normalized spacial score (nSPS) is 22.2. The minimum absolute atomic E-state index is 0.0274. The predicted molar refractivity (Wildman–Crippen MR) is 76.6 cm³/mol. The van der Waals surface area contributed by atoms with Gasteiger partial charge in [-0.1, -0.05) is 0 Å². The molecule has 7 heteroatoms. The Bertz CT molecular complexity index is 607. The fraction of sp³-hybridized carbons (Fsp3) is 0.500. The minimum Gasteiger partial charge on any atom is -0.373 e. The first-order valence-electron chi connectivity index (χ1n) is 7.04. The summed E-state index contributed by atoms with van der Waals surface area (Å²) < 4.78 is 7.50. The van der Waals surface area contributed by atoms with Crippen LogP contribution in [0.5, 0.6) is 0 Å². The average Bonchev–Trinajstić information content (AvgIpc) is 3.17. The summed E-state index contributed by atoms with van der Waals surface area (Å²) in [5, 5.41) is 11.0. The Morgan fingerprint density at radius 1 is 1.57 bits per heavy atom. The van der Waals surface area contributed by atoms with E-state index < -0.39 is 0 Å². The van der Waals surface area contributed by atoms with Gasteiger partial charge in [-0.3, -0.25) is 19.5 Å². The maximum atomic E-state index is 12.8. The highest BCUT2D eigenvalue weighted by molar-refractivity contribution is 5.94. The highest BCUT2D eigenvalue weighted by Gasteiger charge is 2.36. The zero-order valence-electron chi connectivity index (χ0n) is 12.2. The van der Waals surface area contributed by atoms with E-state index >= 15 is 0 Å². The number of H-pyrrole nitrogens is 1. The lowest BCUT2D eigenvalue weighted by molar-refractivity contribution is -0.131. The molecule has 3 rings (SSSR count). The first-order valence-corrected chi connectivity index (χ1v) is 7.04. The summed E-state index contributed by atoms with van der Waals surface area (Å²) >= 11 is 0. The van der Waals surface area contributed by atoms with Crippen LogP contribution in [0.2, 0.25) is 0 Å². The Morgan fingerprint density at radius 2 is 2.43 bits per heavy atom. The Labute approximate surface area is 122 Å². The summed E-state index contributed by atoms with van der Waals surface area (Å²) in [7, 11) is 3.59. The van der Waals surface area contributed by atoms with Crippen molar-refractivity contribution in [3.8, 4) is 0 Å². The predicted octanol–water partition coefficient (Wildman–Crippen LogP) is 1.27. The topological polar surface area (TPSA) is 76.0 Å². The molecule has 1 N–H and O–H groups in total. The molecule has 21 heavy (non-hydrogen) atoms. The van der Waals surface area contributed by atoms with E-state index in [1.807, 2.05) is 19.3 Å². The van der Waals surface area contributed by atoms with Crippen LogP contribution in [0.1, 0.15) is 24.5 Å². The number of amides is 1. The molecular formula is C14H19N5O2. The smallest absolute Gasteiger partial charge is 0.234 e. The van der Waals surface area contributed by atoms with E-state index in [0.29, 0.717) is 12.4 Å². The molecular weight excluding hydrogens is 270 g/mol. The third-order valence-corrected chi connectivity index (χ3v) is 3.86. The molecule has 0 saturated carbocycles. The highest BCUT2D eigenvalue weighted by atomic mass is 16.5. The van der Waals surface area contributed by atoms with Gasteiger partial charge in [0.05, 0.1) is 18.2 Å². The van der Waals surface area contributed by atoms with Crippen LogP contribution in [-0.4, -0.2) is 39.5 Å². The molecule has 1 saturated heterocycles. The number of aromatic amines is 1. The molecule has 2 aromatic rings. The van der Waals surface area contributed by atoms with Crippen LogP contribution in [0, 0.1) is 5.92 Å². The van der Waals surface area contributed by atoms with Gasteiger partial charge in [0.25, 0.3) is 0 Å². The molecule has 2 atom stereocenters. The van der Waals surface area contributed by atoms with Crippen LogP contribution in [0.15, 0.2) is 24.7 Å². The van der Waals surface area contributed by atoms with Gasteiger partial charge in [-0.25, -0.2) is 0 Å². The minimum atomic E-state index is -0.240. The second-order valence-electron chi connectivity index (χ2n) is 5.32. The number of nitrogens with zero attached hydrogens (tertiary/aromatic N) is 4. The number of rotatable bonds is 3. The second kappa shape index (κ2) is 5.69. The number of aromatic nitrogens is 4. The summed E-state index contributed by atoms with van der Waals surface area (Å²) in [5.74, 6) is 0.474. The van der Waals surface area contributed by atoms with Crippen molar-refractivity contribution < 1.29 is 9.53 Å². The molecule has 1 amide bonds. The number of hydrogen-bond donors (Lipinski definition) is 1. The average molecular weight is 289 g/mol. The lowest BCUT2D eigenvalue weighted by Gasteiger charge is -2.32. The Kier molecular flexibility index (Phi) is 3.74. The quantitative estimate of drug-likeness (QED) is 0.923. The fourth-order valence-corrected chi connectivity index (χ4v) is 2.72. The van der Waals surface area contributed by atoms with Gasteiger partial charge < -0.3 is 4.74 Å². The Morgan fingerprint density at radius 3 is 3.10 bits per heavy atom. The van der Waals surface area contributed by atoms with E-state index in [1.165, 1.54) is 0 Å². The van der Waals surface area contributed by atoms with E-state index in [9.17, 15) is 4.79 Å². The molecule has 7 nitrogen and oxygen atoms in total. The lowest BCUT2D eigenvalue weighted by atomic mass is 9.89. The number of anilines is 1. The molecule has 0 radical (unpaired) electrons. The van der Waals surface area contributed by atoms with Crippen LogP contribution in [-0.2, 0) is 16.6 Å². The van der Waals surface area contributed by atoms with Crippen molar-refractivity contribution in [1.82, 2.24) is 20.0 Å². The number of carbonyl (C=O) groups excluding carboxylic acids is 1. The second-order valence-corrected chi connectivity index (χ2v) is 5.32. The van der Waals surface area contributed by atoms with Crippen LogP contribution in [0.4, 0.5) is 5.82 Å². The molecule has 0 aliphatic carbocycles. The van der Waals surface area contributed by atoms with Crippen LogP contribution < -0.4 is 4.90 Å². The molecule has 2 aromatic heterocycles. The van der Waals surface area contributed by atoms with Crippen molar-refractivity contribution in [2.24, 2.45) is 13.0 Å². The number of hydrogen-bond acceptors (Lipinski definition) is 4. The van der Waals surface area contributed by atoms with Gasteiger partial charge in [0.2, 0.25) is 5.91 Å². The largest absolute Gasteiger partial charge is 0.373 e. The first-order chi connectivity index (χ1) is 10.2. The third kappa shape index (κ3) is 2.69. The number of carbonyl (C=O) groups is 1. The molecule has 1 aliphatic rings. The molecule has 3 heterocycles. The van der Waals surface area contributed by atoms with Crippen molar-refractivity contribution >= 4 is 11.7 Å². The monoisotopic (exact) mass is 289 g/mol. The van der Waals surface area contributed by atoms with Gasteiger partial charge in [0.1, 0.15) is 0 Å². The van der Waals surface area contributed by atoms with Crippen molar-refractivity contribution in [3.05, 3.63) is 30.2 Å². The summed E-state index contributed by atoms with van der Waals surface area (Å²) in [6.07, 6.45) is 6.79. The van der Waals surface area contributed by atoms with Gasteiger partial charge >= 0.3 is 0 Å². The SMILES string of the molecule is CN(C(=O)[C@@H]1CCCO[C@H]1c1cn[nH]c1)c1ccn(C)n1. The van der Waals surface area contributed by atoms with Gasteiger partial charge in [-0.05, 0) is 12.8 Å². The zero-order valence-corrected chi connectivity index (χ0v) is 12.2. The van der Waals surface area contributed by atoms with Crippen LogP contribution in [0.3, 0.4) is 0 Å². The van der Waals surface area contributed by atoms with Gasteiger partial charge in [0, 0.05) is 44.7 Å². The maximum absolute atomic E-state index is 12.8. The van der Waals surface area contributed by atoms with E-state index in [0.717, 1.165) is 18.4 Å². The fourth-order valence-electron chi connectivity index (χ4n) is 2.72. The molecule has 112 valence electrons. The summed E-state index contributed by atoms with van der Waals surface area (Å²) in [6, 6.07) is 1.83. The Hall–Kier alpha value is -2.15. The number of ether oxygens (including phenoxy) is 1. The van der Waals surface area contributed by atoms with Crippen LogP contribution in [0.25, 0.3) is 0 Å². The van der Waals surface area contributed by atoms with Gasteiger partial charge in [0.15, 0.2) is 5.82 Å². The van der Waals surface area contributed by atoms with Crippen molar-refractivity contribution in [2.75, 3.05) is 18.6 Å². The van der Waals surface area contributed by atoms with Gasteiger partial charge in [-0.2, -0.15) is 10.2 Å². The van der Waals surface area contributed by atoms with Crippen molar-refractivity contribution in [2.45, 2.75) is 18.9 Å². The number of nitrogens with one attached hydrogen (secondary N) is 1. The van der Waals surface area contributed by atoms with Crippen molar-refractivity contribution in [1.29, 1.82) is 0 Å². The summed E-state index contributed by atoms with van der Waals surface area (Å²) in [6.45, 7) is 0.674. The summed E-state index contributed by atoms with van der Waals surface area (Å²) in [5.41, 5.74) is 0.919. The standard InChI is InChI=1S/C14H19N5O2/c1-18-6-5-12(17-18)19(2)14(20)11-4-3-7-21-13(11)10-8-15-16-9-10/h5-6,8-9,11,13H,3-4,7H2,1-2H3,(H,15,16)/t11-,13+/m1/s1. The van der Waals surface area contributed by atoms with E-state index in [-0.39, 0.29) is 17.9 Å². The van der Waals surface area contributed by atoms with Crippen LogP contribution >= 0.6 is 0 Å². The molecule has 0 unspecified atom stereocenters. The maximum Gasteiger partial charge on any atom is 0.234 e. The Balaban J connectivity index is 1.81. The first kappa shape index (κ1) is 13.8. The highest BCUT2D eigenvalue weighted by Crippen LogP contribution is 2.34.